The van der Waals surface area contributed by atoms with Crippen molar-refractivity contribution in [2.45, 2.75) is 39.0 Å². The summed E-state index contributed by atoms with van der Waals surface area (Å²) in [5.41, 5.74) is 4.43. The molecule has 0 fully saturated rings. The number of pyridine rings is 1. The number of aromatic nitrogens is 2. The van der Waals surface area contributed by atoms with Gasteiger partial charge in [-0.1, -0.05) is 19.9 Å². The Morgan fingerprint density at radius 2 is 1.94 bits per heavy atom. The molecule has 0 saturated carbocycles. The van der Waals surface area contributed by atoms with Crippen molar-refractivity contribution >= 4 is 17.2 Å². The second-order valence-electron chi connectivity index (χ2n) is 4.59. The van der Waals surface area contributed by atoms with Crippen molar-refractivity contribution in [3.63, 3.8) is 0 Å². The van der Waals surface area contributed by atoms with E-state index >= 15 is 0 Å². The highest BCUT2D eigenvalue weighted by Gasteiger charge is 2.18. The van der Waals surface area contributed by atoms with Crippen LogP contribution in [0, 0.1) is 6.92 Å². The molecule has 2 aromatic heterocycles. The average molecular weight is 237 g/mol. The van der Waals surface area contributed by atoms with Gasteiger partial charge in [0.05, 0.1) is 16.8 Å². The van der Waals surface area contributed by atoms with E-state index in [0.717, 1.165) is 17.0 Å². The maximum absolute atomic E-state index is 6.26. The molecular formula is C13H17ClN2. The molecule has 0 amide bonds. The standard InChI is InChI=1S/C13H17ClN2/c1-8(2)12-13(10(4)14)16-7-9(3)5-6-11(16)15-12/h5-8,10H,1-4H3. The summed E-state index contributed by atoms with van der Waals surface area (Å²) in [6, 6.07) is 4.12. The van der Waals surface area contributed by atoms with Crippen LogP contribution in [0.1, 0.15) is 49.0 Å². The lowest BCUT2D eigenvalue weighted by Gasteiger charge is -2.09. The van der Waals surface area contributed by atoms with Gasteiger partial charge in [0, 0.05) is 6.20 Å². The van der Waals surface area contributed by atoms with Gasteiger partial charge in [0.2, 0.25) is 0 Å². The minimum Gasteiger partial charge on any atom is -0.302 e. The largest absolute Gasteiger partial charge is 0.302 e. The maximum atomic E-state index is 6.26. The SMILES string of the molecule is Cc1ccc2nc(C(C)C)c(C(C)Cl)n2c1. The number of alkyl halides is 1. The Kier molecular flexibility index (Phi) is 2.94. The van der Waals surface area contributed by atoms with E-state index < -0.39 is 0 Å². The van der Waals surface area contributed by atoms with Crippen molar-refractivity contribution in [3.8, 4) is 0 Å². The summed E-state index contributed by atoms with van der Waals surface area (Å²) >= 11 is 6.26. The molecule has 0 bridgehead atoms. The minimum absolute atomic E-state index is 0.0193. The van der Waals surface area contributed by atoms with Crippen molar-refractivity contribution in [1.29, 1.82) is 0 Å². The van der Waals surface area contributed by atoms with Crippen molar-refractivity contribution in [2.24, 2.45) is 0 Å². The first-order valence-corrected chi connectivity index (χ1v) is 6.07. The van der Waals surface area contributed by atoms with E-state index in [4.69, 9.17) is 11.6 Å². The molecule has 3 heteroatoms. The van der Waals surface area contributed by atoms with Gasteiger partial charge in [-0.25, -0.2) is 4.98 Å². The van der Waals surface area contributed by atoms with Gasteiger partial charge in [0.1, 0.15) is 5.65 Å². The third-order valence-corrected chi connectivity index (χ3v) is 2.96. The zero-order valence-electron chi connectivity index (χ0n) is 10.2. The van der Waals surface area contributed by atoms with E-state index in [1.54, 1.807) is 0 Å². The number of hydrogen-bond donors (Lipinski definition) is 0. The zero-order chi connectivity index (χ0) is 11.9. The first-order valence-electron chi connectivity index (χ1n) is 5.63. The summed E-state index contributed by atoms with van der Waals surface area (Å²) in [6.07, 6.45) is 2.10. The molecule has 0 aliphatic carbocycles. The van der Waals surface area contributed by atoms with Crippen LogP contribution in [-0.4, -0.2) is 9.38 Å². The normalized spacial score (nSPS) is 13.6. The smallest absolute Gasteiger partial charge is 0.137 e. The monoisotopic (exact) mass is 236 g/mol. The molecule has 0 aliphatic heterocycles. The lowest BCUT2D eigenvalue weighted by Crippen LogP contribution is -1.99. The summed E-state index contributed by atoms with van der Waals surface area (Å²) in [4.78, 5) is 4.65. The van der Waals surface area contributed by atoms with E-state index in [-0.39, 0.29) is 5.38 Å². The first-order chi connectivity index (χ1) is 7.50. The first kappa shape index (κ1) is 11.5. The molecule has 0 saturated heterocycles. The van der Waals surface area contributed by atoms with E-state index in [1.165, 1.54) is 5.56 Å². The fraction of sp³-hybridized carbons (Fsp3) is 0.462. The van der Waals surface area contributed by atoms with Gasteiger partial charge in [-0.2, -0.15) is 0 Å². The molecule has 86 valence electrons. The van der Waals surface area contributed by atoms with Gasteiger partial charge in [-0.3, -0.25) is 0 Å². The molecule has 2 aromatic rings. The average Bonchev–Trinajstić information content (AvgIpc) is 2.55. The van der Waals surface area contributed by atoms with Crippen molar-refractivity contribution < 1.29 is 0 Å². The molecule has 0 aliphatic rings. The summed E-state index contributed by atoms with van der Waals surface area (Å²) in [5.74, 6) is 0.399. The zero-order valence-corrected chi connectivity index (χ0v) is 10.9. The highest BCUT2D eigenvalue weighted by molar-refractivity contribution is 6.20. The number of hydrogen-bond acceptors (Lipinski definition) is 1. The van der Waals surface area contributed by atoms with Crippen molar-refractivity contribution in [2.75, 3.05) is 0 Å². The molecule has 0 radical (unpaired) electrons. The van der Waals surface area contributed by atoms with E-state index in [9.17, 15) is 0 Å². The molecule has 16 heavy (non-hydrogen) atoms. The molecule has 1 atom stereocenters. The second-order valence-corrected chi connectivity index (χ2v) is 5.24. The third-order valence-electron chi connectivity index (χ3n) is 2.76. The van der Waals surface area contributed by atoms with Gasteiger partial charge in [-0.05, 0) is 31.4 Å². The Morgan fingerprint density at radius 1 is 1.25 bits per heavy atom. The lowest BCUT2D eigenvalue weighted by molar-refractivity contribution is 0.798. The number of fused-ring (bicyclic) bond motifs is 1. The van der Waals surface area contributed by atoms with Crippen LogP contribution >= 0.6 is 11.6 Å². The van der Waals surface area contributed by atoms with Crippen LogP contribution in [0.4, 0.5) is 0 Å². The fourth-order valence-electron chi connectivity index (χ4n) is 2.01. The molecule has 0 spiro atoms. The number of halogens is 1. The van der Waals surface area contributed by atoms with E-state index in [1.807, 2.05) is 13.0 Å². The van der Waals surface area contributed by atoms with Crippen LogP contribution in [0.15, 0.2) is 18.3 Å². The van der Waals surface area contributed by atoms with Gasteiger partial charge in [0.15, 0.2) is 0 Å². The van der Waals surface area contributed by atoms with E-state index in [0.29, 0.717) is 5.92 Å². The van der Waals surface area contributed by atoms with Crippen LogP contribution in [0.5, 0.6) is 0 Å². The summed E-state index contributed by atoms with van der Waals surface area (Å²) in [7, 11) is 0. The van der Waals surface area contributed by atoms with Crippen LogP contribution in [0.3, 0.4) is 0 Å². The topological polar surface area (TPSA) is 17.3 Å². The molecule has 1 unspecified atom stereocenters. The van der Waals surface area contributed by atoms with Crippen LogP contribution in [-0.2, 0) is 0 Å². The molecule has 0 N–H and O–H groups in total. The molecule has 2 heterocycles. The minimum atomic E-state index is -0.0193. The van der Waals surface area contributed by atoms with Crippen molar-refractivity contribution in [3.05, 3.63) is 35.3 Å². The lowest BCUT2D eigenvalue weighted by atomic mass is 10.1. The number of imidazole rings is 1. The number of rotatable bonds is 2. The Labute approximate surface area is 101 Å². The molecule has 0 aromatic carbocycles. The number of nitrogens with zero attached hydrogens (tertiary/aromatic N) is 2. The molecule has 2 rings (SSSR count). The highest BCUT2D eigenvalue weighted by atomic mass is 35.5. The van der Waals surface area contributed by atoms with Crippen LogP contribution in [0.2, 0.25) is 0 Å². The third kappa shape index (κ3) is 1.82. The molecule has 2 nitrogen and oxygen atoms in total. The van der Waals surface area contributed by atoms with E-state index in [2.05, 4.69) is 42.4 Å². The Bertz CT molecular complexity index is 512. The summed E-state index contributed by atoms with van der Waals surface area (Å²) in [5, 5.41) is -0.0193. The Morgan fingerprint density at radius 3 is 2.50 bits per heavy atom. The van der Waals surface area contributed by atoms with Gasteiger partial charge in [0.25, 0.3) is 0 Å². The highest BCUT2D eigenvalue weighted by Crippen LogP contribution is 2.29. The predicted octanol–water partition coefficient (Wildman–Crippen LogP) is 4.07. The van der Waals surface area contributed by atoms with Crippen LogP contribution in [0.25, 0.3) is 5.65 Å². The predicted molar refractivity (Wildman–Crippen MR) is 68.3 cm³/mol. The Hall–Kier alpha value is -1.02. The van der Waals surface area contributed by atoms with Crippen molar-refractivity contribution in [1.82, 2.24) is 9.38 Å². The number of aryl methyl sites for hydroxylation is 1. The van der Waals surface area contributed by atoms with Gasteiger partial charge in [-0.15, -0.1) is 11.6 Å². The fourth-order valence-corrected chi connectivity index (χ4v) is 2.22. The second kappa shape index (κ2) is 4.10. The maximum Gasteiger partial charge on any atom is 0.137 e. The Balaban J connectivity index is 2.77. The van der Waals surface area contributed by atoms with Gasteiger partial charge >= 0.3 is 0 Å². The molecular weight excluding hydrogens is 220 g/mol. The summed E-state index contributed by atoms with van der Waals surface area (Å²) < 4.78 is 2.11. The quantitative estimate of drug-likeness (QED) is 0.719. The van der Waals surface area contributed by atoms with Crippen LogP contribution < -0.4 is 0 Å². The summed E-state index contributed by atoms with van der Waals surface area (Å²) in [6.45, 7) is 8.38. The van der Waals surface area contributed by atoms with Gasteiger partial charge < -0.3 is 4.40 Å².